The lowest BCUT2D eigenvalue weighted by Crippen LogP contribution is -2.32. The van der Waals surface area contributed by atoms with Crippen LogP contribution in [0.4, 0.5) is 0 Å². The Morgan fingerprint density at radius 3 is 2.54 bits per heavy atom. The number of carbonyl (C=O) groups excluding carboxylic acids is 1. The number of carbonyl (C=O) groups is 1. The minimum Gasteiger partial charge on any atom is -0.483 e. The summed E-state index contributed by atoms with van der Waals surface area (Å²) in [6.07, 6.45) is 10.4. The van der Waals surface area contributed by atoms with E-state index in [-0.39, 0.29) is 18.6 Å². The molecule has 0 aromatic heterocycles. The van der Waals surface area contributed by atoms with E-state index in [0.29, 0.717) is 0 Å². The zero-order valence-electron chi connectivity index (χ0n) is 16.9. The molecule has 0 aliphatic heterocycles. The van der Waals surface area contributed by atoms with E-state index < -0.39 is 0 Å². The van der Waals surface area contributed by atoms with Crippen molar-refractivity contribution < 1.29 is 9.53 Å². The Balaban J connectivity index is 1.39. The SMILES string of the molecule is CC[C@@H](NC(=O)COc1cccc2c1CCCC2)c1ccc2c(c1)CCCC2. The lowest BCUT2D eigenvalue weighted by atomic mass is 9.89. The Kier molecular flexibility index (Phi) is 5.99. The summed E-state index contributed by atoms with van der Waals surface area (Å²) in [5.74, 6) is 0.840. The Bertz CT molecular complexity index is 842. The van der Waals surface area contributed by atoms with Crippen LogP contribution in [0.5, 0.6) is 5.75 Å². The molecule has 4 rings (SSSR count). The van der Waals surface area contributed by atoms with Gasteiger partial charge in [0.2, 0.25) is 0 Å². The zero-order valence-corrected chi connectivity index (χ0v) is 16.9. The third kappa shape index (κ3) is 4.24. The molecule has 2 aliphatic carbocycles. The van der Waals surface area contributed by atoms with E-state index in [1.54, 1.807) is 0 Å². The molecule has 1 atom stereocenters. The molecule has 148 valence electrons. The van der Waals surface area contributed by atoms with Gasteiger partial charge in [0.25, 0.3) is 5.91 Å². The number of benzene rings is 2. The number of fused-ring (bicyclic) bond motifs is 2. The van der Waals surface area contributed by atoms with Gasteiger partial charge in [0.1, 0.15) is 5.75 Å². The first-order valence-corrected chi connectivity index (χ1v) is 10.9. The van der Waals surface area contributed by atoms with Crippen molar-refractivity contribution in [3.05, 3.63) is 64.2 Å². The van der Waals surface area contributed by atoms with E-state index in [2.05, 4.69) is 36.5 Å². The van der Waals surface area contributed by atoms with E-state index in [4.69, 9.17) is 4.74 Å². The molecule has 0 heterocycles. The first-order chi connectivity index (χ1) is 13.7. The van der Waals surface area contributed by atoms with E-state index in [9.17, 15) is 4.79 Å². The summed E-state index contributed by atoms with van der Waals surface area (Å²) in [6, 6.07) is 13.0. The molecular formula is C25H31NO2. The van der Waals surface area contributed by atoms with Gasteiger partial charge in [0.05, 0.1) is 6.04 Å². The van der Waals surface area contributed by atoms with Gasteiger partial charge in [-0.15, -0.1) is 0 Å². The van der Waals surface area contributed by atoms with E-state index in [1.165, 1.54) is 59.9 Å². The Morgan fingerprint density at radius 2 is 1.71 bits per heavy atom. The molecule has 3 heteroatoms. The van der Waals surface area contributed by atoms with Gasteiger partial charge < -0.3 is 10.1 Å². The molecule has 1 N–H and O–H groups in total. The number of aryl methyl sites for hydroxylation is 3. The van der Waals surface area contributed by atoms with Gasteiger partial charge in [-0.05, 0) is 91.7 Å². The summed E-state index contributed by atoms with van der Waals surface area (Å²) < 4.78 is 5.93. The van der Waals surface area contributed by atoms with Crippen LogP contribution in [-0.2, 0) is 30.5 Å². The summed E-state index contributed by atoms with van der Waals surface area (Å²) in [6.45, 7) is 2.21. The van der Waals surface area contributed by atoms with Crippen molar-refractivity contribution >= 4 is 5.91 Å². The quantitative estimate of drug-likeness (QED) is 0.761. The molecule has 2 aliphatic rings. The van der Waals surface area contributed by atoms with Crippen LogP contribution in [0.3, 0.4) is 0 Å². The topological polar surface area (TPSA) is 38.3 Å². The molecule has 0 radical (unpaired) electrons. The number of hydrogen-bond acceptors (Lipinski definition) is 2. The van der Waals surface area contributed by atoms with Crippen molar-refractivity contribution in [1.82, 2.24) is 5.32 Å². The summed E-state index contributed by atoms with van der Waals surface area (Å²) in [5.41, 5.74) is 6.83. The largest absolute Gasteiger partial charge is 0.483 e. The van der Waals surface area contributed by atoms with E-state index in [0.717, 1.165) is 31.4 Å². The van der Waals surface area contributed by atoms with Crippen molar-refractivity contribution in [2.45, 2.75) is 70.8 Å². The number of amides is 1. The standard InChI is InChI=1S/C25H31NO2/c1-2-23(21-15-14-18-8-3-4-10-20(18)16-21)26-25(27)17-28-24-13-7-11-19-9-5-6-12-22(19)24/h7,11,13-16,23H,2-6,8-10,12,17H2,1H3,(H,26,27)/t23-/m1/s1. The van der Waals surface area contributed by atoms with Crippen molar-refractivity contribution in [2.24, 2.45) is 0 Å². The first kappa shape index (κ1) is 19.0. The molecule has 0 saturated carbocycles. The monoisotopic (exact) mass is 377 g/mol. The molecule has 3 nitrogen and oxygen atoms in total. The van der Waals surface area contributed by atoms with Crippen LogP contribution in [0.15, 0.2) is 36.4 Å². The summed E-state index contributed by atoms with van der Waals surface area (Å²) >= 11 is 0. The predicted molar refractivity (Wildman–Crippen MR) is 113 cm³/mol. The van der Waals surface area contributed by atoms with E-state index >= 15 is 0 Å². The molecule has 0 fully saturated rings. The number of hydrogen-bond donors (Lipinski definition) is 1. The van der Waals surface area contributed by atoms with Gasteiger partial charge in [-0.25, -0.2) is 0 Å². The lowest BCUT2D eigenvalue weighted by molar-refractivity contribution is -0.123. The summed E-state index contributed by atoms with van der Waals surface area (Å²) in [4.78, 5) is 12.6. The van der Waals surface area contributed by atoms with Crippen LogP contribution in [0.1, 0.15) is 72.9 Å². The van der Waals surface area contributed by atoms with Crippen molar-refractivity contribution in [3.8, 4) is 5.75 Å². The zero-order chi connectivity index (χ0) is 19.3. The third-order valence-electron chi connectivity index (χ3n) is 6.23. The number of rotatable bonds is 6. The van der Waals surface area contributed by atoms with Crippen LogP contribution in [-0.4, -0.2) is 12.5 Å². The van der Waals surface area contributed by atoms with Crippen LogP contribution in [0.2, 0.25) is 0 Å². The van der Waals surface area contributed by atoms with E-state index in [1.807, 2.05) is 12.1 Å². The highest BCUT2D eigenvalue weighted by atomic mass is 16.5. The maximum atomic E-state index is 12.6. The first-order valence-electron chi connectivity index (χ1n) is 10.9. The van der Waals surface area contributed by atoms with Crippen LogP contribution in [0, 0.1) is 0 Å². The smallest absolute Gasteiger partial charge is 0.258 e. The van der Waals surface area contributed by atoms with Crippen LogP contribution >= 0.6 is 0 Å². The van der Waals surface area contributed by atoms with Crippen LogP contribution in [0.25, 0.3) is 0 Å². The van der Waals surface area contributed by atoms with Gasteiger partial charge in [0, 0.05) is 0 Å². The molecule has 0 spiro atoms. The third-order valence-corrected chi connectivity index (χ3v) is 6.23. The molecule has 2 aromatic carbocycles. The molecular weight excluding hydrogens is 346 g/mol. The highest BCUT2D eigenvalue weighted by Crippen LogP contribution is 2.30. The fourth-order valence-corrected chi connectivity index (χ4v) is 4.65. The fourth-order valence-electron chi connectivity index (χ4n) is 4.65. The Hall–Kier alpha value is -2.29. The second-order valence-electron chi connectivity index (χ2n) is 8.15. The molecule has 1 amide bonds. The molecule has 0 unspecified atom stereocenters. The molecule has 28 heavy (non-hydrogen) atoms. The molecule has 0 bridgehead atoms. The highest BCUT2D eigenvalue weighted by molar-refractivity contribution is 5.78. The molecule has 2 aromatic rings. The van der Waals surface area contributed by atoms with Crippen molar-refractivity contribution in [3.63, 3.8) is 0 Å². The minimum absolute atomic E-state index is 0.0435. The predicted octanol–water partition coefficient (Wildman–Crippen LogP) is 5.09. The number of nitrogens with one attached hydrogen (secondary N) is 1. The van der Waals surface area contributed by atoms with Gasteiger partial charge in [0.15, 0.2) is 6.61 Å². The van der Waals surface area contributed by atoms with Crippen molar-refractivity contribution in [2.75, 3.05) is 6.61 Å². The fraction of sp³-hybridized carbons (Fsp3) is 0.480. The van der Waals surface area contributed by atoms with Gasteiger partial charge in [-0.3, -0.25) is 4.79 Å². The van der Waals surface area contributed by atoms with Crippen molar-refractivity contribution in [1.29, 1.82) is 0 Å². The van der Waals surface area contributed by atoms with Gasteiger partial charge >= 0.3 is 0 Å². The number of ether oxygens (including phenoxy) is 1. The normalized spacial score (nSPS) is 16.6. The average Bonchev–Trinajstić information content (AvgIpc) is 2.75. The maximum Gasteiger partial charge on any atom is 0.258 e. The van der Waals surface area contributed by atoms with Crippen LogP contribution < -0.4 is 10.1 Å². The highest BCUT2D eigenvalue weighted by Gasteiger charge is 2.18. The van der Waals surface area contributed by atoms with Gasteiger partial charge in [-0.2, -0.15) is 0 Å². The minimum atomic E-state index is -0.0435. The summed E-state index contributed by atoms with van der Waals surface area (Å²) in [5, 5.41) is 3.18. The Morgan fingerprint density at radius 1 is 0.964 bits per heavy atom. The average molecular weight is 378 g/mol. The molecule has 0 saturated heterocycles. The van der Waals surface area contributed by atoms with Gasteiger partial charge in [-0.1, -0.05) is 37.3 Å². The lowest BCUT2D eigenvalue weighted by Gasteiger charge is -2.22. The second kappa shape index (κ2) is 8.81. The second-order valence-corrected chi connectivity index (χ2v) is 8.15. The Labute approximate surface area is 168 Å². The maximum absolute atomic E-state index is 12.6. The summed E-state index contributed by atoms with van der Waals surface area (Å²) in [7, 11) is 0.